The Balaban J connectivity index is 1.85. The zero-order valence-corrected chi connectivity index (χ0v) is 13.5. The smallest absolute Gasteiger partial charge is 0.231 e. The van der Waals surface area contributed by atoms with Gasteiger partial charge in [0, 0.05) is 25.2 Å². The van der Waals surface area contributed by atoms with Crippen molar-refractivity contribution in [3.8, 4) is 0 Å². The highest BCUT2D eigenvalue weighted by atomic mass is 19.1. The predicted molar refractivity (Wildman–Crippen MR) is 89.9 cm³/mol. The third-order valence-electron chi connectivity index (χ3n) is 4.25. The molecule has 24 heavy (non-hydrogen) atoms. The molecule has 0 saturated heterocycles. The van der Waals surface area contributed by atoms with E-state index in [1.165, 1.54) is 12.1 Å². The minimum atomic E-state index is -0.497. The van der Waals surface area contributed by atoms with Crippen LogP contribution in [-0.4, -0.2) is 23.3 Å². The monoisotopic (exact) mass is 326 g/mol. The van der Waals surface area contributed by atoms with Gasteiger partial charge in [-0.25, -0.2) is 4.39 Å². The molecule has 1 aliphatic rings. The predicted octanol–water partition coefficient (Wildman–Crippen LogP) is 3.30. The fourth-order valence-corrected chi connectivity index (χ4v) is 3.05. The van der Waals surface area contributed by atoms with Crippen molar-refractivity contribution in [3.63, 3.8) is 0 Å². The van der Waals surface area contributed by atoms with Gasteiger partial charge in [-0.2, -0.15) is 0 Å². The number of carbonyl (C=O) groups is 2. The number of nitrogens with one attached hydrogen (secondary N) is 1. The third-order valence-corrected chi connectivity index (χ3v) is 4.25. The summed E-state index contributed by atoms with van der Waals surface area (Å²) in [6.07, 6.45) is 0.134. The van der Waals surface area contributed by atoms with Gasteiger partial charge in [-0.3, -0.25) is 9.59 Å². The summed E-state index contributed by atoms with van der Waals surface area (Å²) >= 11 is 0. The Morgan fingerprint density at radius 3 is 2.79 bits per heavy atom. The molecule has 1 unspecified atom stereocenters. The number of amides is 2. The Hall–Kier alpha value is -2.69. The van der Waals surface area contributed by atoms with Crippen molar-refractivity contribution in [2.45, 2.75) is 25.8 Å². The van der Waals surface area contributed by atoms with Gasteiger partial charge in [-0.1, -0.05) is 30.3 Å². The Bertz CT molecular complexity index is 775. The highest BCUT2D eigenvalue weighted by Gasteiger charge is 2.32. The fraction of sp³-hybridized carbons (Fsp3) is 0.263. The lowest BCUT2D eigenvalue weighted by Crippen LogP contribution is -2.38. The standard InChI is InChI=1S/C19H19FN2O2/c1-2-22(12-13-6-5-7-14(20)10-13)19(24)16-11-18(23)21-17-9-4-3-8-15(16)17/h3-10,16H,2,11-12H2,1H3,(H,21,23). The molecular weight excluding hydrogens is 307 g/mol. The number of anilines is 1. The Labute approximate surface area is 140 Å². The number of hydrogen-bond donors (Lipinski definition) is 1. The first-order chi connectivity index (χ1) is 11.6. The summed E-state index contributed by atoms with van der Waals surface area (Å²) in [6, 6.07) is 13.6. The molecule has 0 aromatic heterocycles. The van der Waals surface area contributed by atoms with E-state index in [4.69, 9.17) is 0 Å². The van der Waals surface area contributed by atoms with Crippen molar-refractivity contribution < 1.29 is 14.0 Å². The summed E-state index contributed by atoms with van der Waals surface area (Å²) < 4.78 is 13.4. The van der Waals surface area contributed by atoms with Crippen LogP contribution in [-0.2, 0) is 16.1 Å². The molecule has 2 aromatic rings. The zero-order valence-electron chi connectivity index (χ0n) is 13.5. The summed E-state index contributed by atoms with van der Waals surface area (Å²) in [6.45, 7) is 2.70. The SMILES string of the molecule is CCN(Cc1cccc(F)c1)C(=O)C1CC(=O)Nc2ccccc21. The van der Waals surface area contributed by atoms with Crippen molar-refractivity contribution >= 4 is 17.5 Å². The second-order valence-corrected chi connectivity index (χ2v) is 5.87. The normalized spacial score (nSPS) is 16.2. The average Bonchev–Trinajstić information content (AvgIpc) is 2.58. The maximum Gasteiger partial charge on any atom is 0.231 e. The summed E-state index contributed by atoms with van der Waals surface area (Å²) in [5.41, 5.74) is 2.26. The average molecular weight is 326 g/mol. The van der Waals surface area contributed by atoms with Crippen LogP contribution in [0.2, 0.25) is 0 Å². The van der Waals surface area contributed by atoms with Crippen molar-refractivity contribution in [3.05, 3.63) is 65.5 Å². The van der Waals surface area contributed by atoms with Crippen LogP contribution in [0.3, 0.4) is 0 Å². The number of likely N-dealkylation sites (N-methyl/N-ethyl adjacent to an activating group) is 1. The van der Waals surface area contributed by atoms with Crippen LogP contribution in [0, 0.1) is 5.82 Å². The highest BCUT2D eigenvalue weighted by molar-refractivity contribution is 6.01. The number of fused-ring (bicyclic) bond motifs is 1. The number of rotatable bonds is 4. The van der Waals surface area contributed by atoms with Crippen LogP contribution in [0.4, 0.5) is 10.1 Å². The van der Waals surface area contributed by atoms with E-state index in [0.29, 0.717) is 18.8 Å². The molecule has 1 heterocycles. The number of halogens is 1. The molecule has 0 saturated carbocycles. The fourth-order valence-electron chi connectivity index (χ4n) is 3.05. The third kappa shape index (κ3) is 3.30. The van der Waals surface area contributed by atoms with Gasteiger partial charge in [0.1, 0.15) is 5.82 Å². The molecule has 124 valence electrons. The number of hydrogen-bond acceptors (Lipinski definition) is 2. The largest absolute Gasteiger partial charge is 0.338 e. The molecule has 0 aliphatic carbocycles. The first kappa shape index (κ1) is 16.2. The van der Waals surface area contributed by atoms with Gasteiger partial charge in [0.2, 0.25) is 11.8 Å². The summed E-state index contributed by atoms with van der Waals surface area (Å²) in [5, 5.41) is 2.80. The maximum atomic E-state index is 13.4. The summed E-state index contributed by atoms with van der Waals surface area (Å²) in [4.78, 5) is 26.6. The number of nitrogens with zero attached hydrogens (tertiary/aromatic N) is 1. The molecule has 1 aliphatic heterocycles. The lowest BCUT2D eigenvalue weighted by atomic mass is 9.89. The van der Waals surface area contributed by atoms with Gasteiger partial charge < -0.3 is 10.2 Å². The molecule has 0 spiro atoms. The van der Waals surface area contributed by atoms with E-state index >= 15 is 0 Å². The van der Waals surface area contributed by atoms with Crippen LogP contribution in [0.15, 0.2) is 48.5 Å². The molecule has 3 rings (SSSR count). The Morgan fingerprint density at radius 1 is 1.25 bits per heavy atom. The second kappa shape index (κ2) is 6.83. The van der Waals surface area contributed by atoms with Gasteiger partial charge in [-0.15, -0.1) is 0 Å². The molecule has 5 heteroatoms. The van der Waals surface area contributed by atoms with Crippen molar-refractivity contribution in [2.75, 3.05) is 11.9 Å². The number of para-hydroxylation sites is 1. The number of carbonyl (C=O) groups excluding carboxylic acids is 2. The molecule has 2 amide bonds. The van der Waals surface area contributed by atoms with E-state index in [0.717, 1.165) is 11.1 Å². The zero-order chi connectivity index (χ0) is 17.1. The first-order valence-electron chi connectivity index (χ1n) is 8.00. The minimum Gasteiger partial charge on any atom is -0.338 e. The Kier molecular flexibility index (Phi) is 4.60. The molecule has 1 N–H and O–H groups in total. The van der Waals surface area contributed by atoms with Crippen molar-refractivity contribution in [1.82, 2.24) is 4.90 Å². The molecule has 0 fully saturated rings. The maximum absolute atomic E-state index is 13.4. The quantitative estimate of drug-likeness (QED) is 0.937. The van der Waals surface area contributed by atoms with Crippen LogP contribution in [0.5, 0.6) is 0 Å². The van der Waals surface area contributed by atoms with Crippen molar-refractivity contribution in [1.29, 1.82) is 0 Å². The lowest BCUT2D eigenvalue weighted by molar-refractivity contribution is -0.135. The molecule has 2 aromatic carbocycles. The van der Waals surface area contributed by atoms with E-state index in [-0.39, 0.29) is 24.1 Å². The van der Waals surface area contributed by atoms with Crippen LogP contribution in [0.25, 0.3) is 0 Å². The minimum absolute atomic E-state index is 0.107. The van der Waals surface area contributed by atoms with Gasteiger partial charge >= 0.3 is 0 Å². The van der Waals surface area contributed by atoms with Crippen LogP contribution >= 0.6 is 0 Å². The van der Waals surface area contributed by atoms with Gasteiger partial charge in [0.15, 0.2) is 0 Å². The van der Waals surface area contributed by atoms with Crippen LogP contribution < -0.4 is 5.32 Å². The van der Waals surface area contributed by atoms with E-state index < -0.39 is 5.92 Å². The molecule has 4 nitrogen and oxygen atoms in total. The van der Waals surface area contributed by atoms with E-state index in [2.05, 4.69) is 5.32 Å². The van der Waals surface area contributed by atoms with E-state index in [9.17, 15) is 14.0 Å². The molecule has 0 radical (unpaired) electrons. The van der Waals surface area contributed by atoms with E-state index in [1.54, 1.807) is 23.1 Å². The van der Waals surface area contributed by atoms with Crippen molar-refractivity contribution in [2.24, 2.45) is 0 Å². The second-order valence-electron chi connectivity index (χ2n) is 5.87. The summed E-state index contributed by atoms with van der Waals surface area (Å²) in [7, 11) is 0. The van der Waals surface area contributed by atoms with Crippen LogP contribution in [0.1, 0.15) is 30.4 Å². The van der Waals surface area contributed by atoms with Gasteiger partial charge in [-0.05, 0) is 36.2 Å². The topological polar surface area (TPSA) is 49.4 Å². The molecular formula is C19H19FN2O2. The summed E-state index contributed by atoms with van der Waals surface area (Å²) in [5.74, 6) is -1.08. The molecule has 1 atom stereocenters. The lowest BCUT2D eigenvalue weighted by Gasteiger charge is -2.30. The molecule has 0 bridgehead atoms. The van der Waals surface area contributed by atoms with E-state index in [1.807, 2.05) is 25.1 Å². The van der Waals surface area contributed by atoms with Gasteiger partial charge in [0.05, 0.1) is 5.92 Å². The Morgan fingerprint density at radius 2 is 2.04 bits per heavy atom. The van der Waals surface area contributed by atoms with Gasteiger partial charge in [0.25, 0.3) is 0 Å². The highest BCUT2D eigenvalue weighted by Crippen LogP contribution is 2.33. The number of benzene rings is 2. The first-order valence-corrected chi connectivity index (χ1v) is 8.00.